The Morgan fingerprint density at radius 3 is 2.70 bits per heavy atom. The molecule has 0 saturated heterocycles. The molecule has 1 atom stereocenters. The Bertz CT molecular complexity index is 839. The van der Waals surface area contributed by atoms with E-state index in [0.29, 0.717) is 12.2 Å². The van der Waals surface area contributed by atoms with Gasteiger partial charge in [0.25, 0.3) is 5.56 Å². The lowest BCUT2D eigenvalue weighted by Crippen LogP contribution is -2.36. The Morgan fingerprint density at radius 1 is 1.22 bits per heavy atom. The minimum absolute atomic E-state index is 0.226. The van der Waals surface area contributed by atoms with Crippen LogP contribution in [0.2, 0.25) is 0 Å². The minimum atomic E-state index is -0.664. The van der Waals surface area contributed by atoms with E-state index in [2.05, 4.69) is 10.4 Å². The number of carbonyl (C=O) groups excluding carboxylic acids is 1. The minimum Gasteiger partial charge on any atom is -0.349 e. The standard InChI is InChI=1S/C16H15N3O2S2/c1-11(16(21)17-10-12-4-2-8-22-12)19-15(20)7-6-13(18-19)14-5-3-9-23-14/h2-9,11H,10H2,1H3,(H,17,21). The van der Waals surface area contributed by atoms with Gasteiger partial charge in [0.05, 0.1) is 11.4 Å². The van der Waals surface area contributed by atoms with E-state index in [1.165, 1.54) is 10.7 Å². The normalized spacial score (nSPS) is 12.0. The van der Waals surface area contributed by atoms with Gasteiger partial charge >= 0.3 is 0 Å². The Kier molecular flexibility index (Phi) is 4.68. The van der Waals surface area contributed by atoms with Crippen LogP contribution < -0.4 is 10.9 Å². The molecule has 5 nitrogen and oxygen atoms in total. The van der Waals surface area contributed by atoms with Crippen LogP contribution in [-0.2, 0) is 11.3 Å². The molecule has 3 aromatic rings. The molecule has 1 N–H and O–H groups in total. The zero-order valence-corrected chi connectivity index (χ0v) is 14.1. The summed E-state index contributed by atoms with van der Waals surface area (Å²) in [6.45, 7) is 2.14. The van der Waals surface area contributed by atoms with Gasteiger partial charge in [0.15, 0.2) is 0 Å². The molecule has 3 aromatic heterocycles. The summed E-state index contributed by atoms with van der Waals surface area (Å²) in [4.78, 5) is 26.4. The molecule has 0 aliphatic rings. The quantitative estimate of drug-likeness (QED) is 0.773. The van der Waals surface area contributed by atoms with E-state index in [0.717, 1.165) is 9.75 Å². The van der Waals surface area contributed by atoms with Crippen molar-refractivity contribution in [3.8, 4) is 10.6 Å². The number of thiophene rings is 2. The van der Waals surface area contributed by atoms with Crippen LogP contribution in [0.3, 0.4) is 0 Å². The van der Waals surface area contributed by atoms with Gasteiger partial charge in [-0.15, -0.1) is 22.7 Å². The zero-order chi connectivity index (χ0) is 16.2. The first-order valence-electron chi connectivity index (χ1n) is 7.09. The van der Waals surface area contributed by atoms with Crippen molar-refractivity contribution in [3.05, 3.63) is 62.4 Å². The molecule has 23 heavy (non-hydrogen) atoms. The Hall–Kier alpha value is -2.25. The van der Waals surface area contributed by atoms with Gasteiger partial charge in [-0.3, -0.25) is 9.59 Å². The van der Waals surface area contributed by atoms with Gasteiger partial charge in [0.1, 0.15) is 11.7 Å². The Labute approximate surface area is 141 Å². The molecule has 0 aromatic carbocycles. The summed E-state index contributed by atoms with van der Waals surface area (Å²) < 4.78 is 1.23. The van der Waals surface area contributed by atoms with Gasteiger partial charge in [-0.2, -0.15) is 5.10 Å². The molecule has 0 bridgehead atoms. The molecule has 0 fully saturated rings. The first-order valence-corrected chi connectivity index (χ1v) is 8.85. The third-order valence-electron chi connectivity index (χ3n) is 3.36. The second-order valence-electron chi connectivity index (χ2n) is 4.95. The van der Waals surface area contributed by atoms with Crippen LogP contribution in [0.25, 0.3) is 10.6 Å². The predicted octanol–water partition coefficient (Wildman–Crippen LogP) is 2.91. The largest absolute Gasteiger partial charge is 0.349 e. The number of carbonyl (C=O) groups is 1. The molecular formula is C16H15N3O2S2. The fourth-order valence-electron chi connectivity index (χ4n) is 2.10. The van der Waals surface area contributed by atoms with Crippen LogP contribution in [0.5, 0.6) is 0 Å². The summed E-state index contributed by atoms with van der Waals surface area (Å²) in [6.07, 6.45) is 0. The molecule has 3 heterocycles. The van der Waals surface area contributed by atoms with Crippen LogP contribution in [0.1, 0.15) is 17.8 Å². The monoisotopic (exact) mass is 345 g/mol. The number of hydrogen-bond acceptors (Lipinski definition) is 5. The van der Waals surface area contributed by atoms with Crippen molar-refractivity contribution in [2.24, 2.45) is 0 Å². The molecule has 118 valence electrons. The molecule has 1 amide bonds. The molecule has 0 spiro atoms. The highest BCUT2D eigenvalue weighted by atomic mass is 32.1. The van der Waals surface area contributed by atoms with Crippen LogP contribution in [0.4, 0.5) is 0 Å². The summed E-state index contributed by atoms with van der Waals surface area (Å²) in [6, 6.07) is 10.2. The zero-order valence-electron chi connectivity index (χ0n) is 12.4. The number of aromatic nitrogens is 2. The molecule has 7 heteroatoms. The number of amides is 1. The van der Waals surface area contributed by atoms with E-state index >= 15 is 0 Å². The molecule has 0 radical (unpaired) electrons. The van der Waals surface area contributed by atoms with Crippen LogP contribution in [-0.4, -0.2) is 15.7 Å². The topological polar surface area (TPSA) is 64.0 Å². The highest BCUT2D eigenvalue weighted by Crippen LogP contribution is 2.21. The van der Waals surface area contributed by atoms with E-state index in [1.807, 2.05) is 35.0 Å². The maximum Gasteiger partial charge on any atom is 0.267 e. The molecular weight excluding hydrogens is 330 g/mol. The summed E-state index contributed by atoms with van der Waals surface area (Å²) in [5.41, 5.74) is 0.404. The van der Waals surface area contributed by atoms with E-state index in [1.54, 1.807) is 35.7 Å². The van der Waals surface area contributed by atoms with Gasteiger partial charge in [-0.05, 0) is 35.9 Å². The predicted molar refractivity (Wildman–Crippen MR) is 92.7 cm³/mol. The van der Waals surface area contributed by atoms with Crippen molar-refractivity contribution in [2.75, 3.05) is 0 Å². The van der Waals surface area contributed by atoms with Gasteiger partial charge in [-0.25, -0.2) is 4.68 Å². The van der Waals surface area contributed by atoms with E-state index in [4.69, 9.17) is 0 Å². The van der Waals surface area contributed by atoms with Crippen LogP contribution in [0, 0.1) is 0 Å². The van der Waals surface area contributed by atoms with Gasteiger partial charge in [-0.1, -0.05) is 12.1 Å². The third kappa shape index (κ3) is 3.57. The average molecular weight is 345 g/mol. The molecule has 3 rings (SSSR count). The maximum absolute atomic E-state index is 12.3. The van der Waals surface area contributed by atoms with Crippen molar-refractivity contribution in [3.63, 3.8) is 0 Å². The van der Waals surface area contributed by atoms with Gasteiger partial charge < -0.3 is 5.32 Å². The lowest BCUT2D eigenvalue weighted by molar-refractivity contribution is -0.124. The highest BCUT2D eigenvalue weighted by molar-refractivity contribution is 7.13. The molecule has 1 unspecified atom stereocenters. The fourth-order valence-corrected chi connectivity index (χ4v) is 3.44. The lowest BCUT2D eigenvalue weighted by Gasteiger charge is -2.14. The molecule has 0 aliphatic heterocycles. The highest BCUT2D eigenvalue weighted by Gasteiger charge is 2.18. The number of rotatable bonds is 5. The van der Waals surface area contributed by atoms with Crippen LogP contribution in [0.15, 0.2) is 52.0 Å². The third-order valence-corrected chi connectivity index (χ3v) is 5.13. The van der Waals surface area contributed by atoms with Crippen molar-refractivity contribution in [2.45, 2.75) is 19.5 Å². The van der Waals surface area contributed by atoms with E-state index in [9.17, 15) is 9.59 Å². The Balaban J connectivity index is 1.78. The number of hydrogen-bond donors (Lipinski definition) is 1. The number of nitrogens with zero attached hydrogens (tertiary/aromatic N) is 2. The SMILES string of the molecule is CC(C(=O)NCc1cccs1)n1nc(-c2cccs2)ccc1=O. The van der Waals surface area contributed by atoms with Crippen molar-refractivity contribution >= 4 is 28.6 Å². The van der Waals surface area contributed by atoms with Gasteiger partial charge in [0.2, 0.25) is 5.91 Å². The van der Waals surface area contributed by atoms with E-state index < -0.39 is 6.04 Å². The van der Waals surface area contributed by atoms with E-state index in [-0.39, 0.29) is 11.5 Å². The first-order chi connectivity index (χ1) is 11.1. The molecule has 0 aliphatic carbocycles. The smallest absolute Gasteiger partial charge is 0.267 e. The summed E-state index contributed by atoms with van der Waals surface area (Å²) in [5, 5.41) is 11.1. The summed E-state index contributed by atoms with van der Waals surface area (Å²) in [5.74, 6) is -0.226. The number of nitrogens with one attached hydrogen (secondary N) is 1. The lowest BCUT2D eigenvalue weighted by atomic mass is 10.3. The van der Waals surface area contributed by atoms with Crippen molar-refractivity contribution in [1.82, 2.24) is 15.1 Å². The Morgan fingerprint density at radius 2 is 2.00 bits per heavy atom. The second-order valence-corrected chi connectivity index (χ2v) is 6.93. The van der Waals surface area contributed by atoms with Crippen molar-refractivity contribution in [1.29, 1.82) is 0 Å². The summed E-state index contributed by atoms with van der Waals surface area (Å²) >= 11 is 3.12. The molecule has 0 saturated carbocycles. The first kappa shape index (κ1) is 15.6. The van der Waals surface area contributed by atoms with Crippen LogP contribution >= 0.6 is 22.7 Å². The van der Waals surface area contributed by atoms with Gasteiger partial charge in [0, 0.05) is 10.9 Å². The van der Waals surface area contributed by atoms with Crippen molar-refractivity contribution < 1.29 is 4.79 Å². The fraction of sp³-hybridized carbons (Fsp3) is 0.188. The second kappa shape index (κ2) is 6.89. The average Bonchev–Trinajstić information content (AvgIpc) is 3.25. The summed E-state index contributed by atoms with van der Waals surface area (Å²) in [7, 11) is 0. The maximum atomic E-state index is 12.3.